The summed E-state index contributed by atoms with van der Waals surface area (Å²) < 4.78 is 11.2. The minimum absolute atomic E-state index is 0. The van der Waals surface area contributed by atoms with Gasteiger partial charge in [0.15, 0.2) is 5.96 Å². The molecule has 2 rings (SSSR count). The monoisotopic (exact) mass is 463 g/mol. The molecule has 1 fully saturated rings. The quantitative estimate of drug-likeness (QED) is 0.226. The van der Waals surface area contributed by atoms with E-state index in [1.165, 1.54) is 0 Å². The van der Waals surface area contributed by atoms with Crippen molar-refractivity contribution in [2.75, 3.05) is 46.1 Å². The highest BCUT2D eigenvalue weighted by atomic mass is 127. The standard InChI is InChI=1S/C18H29N3O3.HI/c1-2-19-17(20-10-13-24-16-6-4-3-5-7-16)21-14-18(8-11-22)9-12-23-15-18;/h3-7,22H,2,8-15H2,1H3,(H2,19,20,21);1H. The molecule has 0 bridgehead atoms. The first-order chi connectivity index (χ1) is 11.8. The van der Waals surface area contributed by atoms with Crippen molar-refractivity contribution in [2.24, 2.45) is 10.4 Å². The van der Waals surface area contributed by atoms with Crippen molar-refractivity contribution in [3.8, 4) is 5.75 Å². The molecule has 1 atom stereocenters. The van der Waals surface area contributed by atoms with Crippen LogP contribution in [0.15, 0.2) is 35.3 Å². The Labute approximate surface area is 167 Å². The van der Waals surface area contributed by atoms with Crippen molar-refractivity contribution < 1.29 is 14.6 Å². The fourth-order valence-corrected chi connectivity index (χ4v) is 2.73. The first kappa shape index (κ1) is 22.0. The summed E-state index contributed by atoms with van der Waals surface area (Å²) in [4.78, 5) is 4.68. The average Bonchev–Trinajstić information content (AvgIpc) is 3.06. The van der Waals surface area contributed by atoms with Gasteiger partial charge in [0.1, 0.15) is 12.4 Å². The molecule has 25 heavy (non-hydrogen) atoms. The Bertz CT molecular complexity index is 494. The van der Waals surface area contributed by atoms with Gasteiger partial charge in [0.05, 0.1) is 19.7 Å². The van der Waals surface area contributed by atoms with Crippen molar-refractivity contribution in [1.82, 2.24) is 10.6 Å². The molecule has 1 aromatic rings. The maximum absolute atomic E-state index is 9.29. The zero-order valence-electron chi connectivity index (χ0n) is 14.9. The molecule has 0 spiro atoms. The highest BCUT2D eigenvalue weighted by Gasteiger charge is 2.34. The Balaban J connectivity index is 0.00000312. The van der Waals surface area contributed by atoms with Crippen LogP contribution in [-0.2, 0) is 4.74 Å². The van der Waals surface area contributed by atoms with E-state index in [9.17, 15) is 5.11 Å². The van der Waals surface area contributed by atoms with Crippen molar-refractivity contribution >= 4 is 29.9 Å². The Morgan fingerprint density at radius 3 is 2.76 bits per heavy atom. The van der Waals surface area contributed by atoms with E-state index < -0.39 is 0 Å². The molecule has 0 amide bonds. The summed E-state index contributed by atoms with van der Waals surface area (Å²) in [6, 6.07) is 9.77. The summed E-state index contributed by atoms with van der Waals surface area (Å²) in [6.45, 7) is 6.34. The molecule has 0 aromatic heterocycles. The minimum atomic E-state index is -0.0301. The summed E-state index contributed by atoms with van der Waals surface area (Å²) in [6.07, 6.45) is 1.68. The number of aliphatic hydroxyl groups is 1. The number of para-hydroxylation sites is 1. The van der Waals surface area contributed by atoms with Gasteiger partial charge < -0.3 is 25.2 Å². The van der Waals surface area contributed by atoms with Crippen LogP contribution in [0.5, 0.6) is 5.75 Å². The zero-order chi connectivity index (χ0) is 17.1. The molecule has 0 saturated carbocycles. The number of ether oxygens (including phenoxy) is 2. The maximum atomic E-state index is 9.29. The number of hydrogen-bond acceptors (Lipinski definition) is 4. The van der Waals surface area contributed by atoms with Crippen LogP contribution in [0.4, 0.5) is 0 Å². The lowest BCUT2D eigenvalue weighted by Crippen LogP contribution is -2.40. The van der Waals surface area contributed by atoms with Crippen LogP contribution in [-0.4, -0.2) is 57.1 Å². The van der Waals surface area contributed by atoms with Crippen LogP contribution in [0.25, 0.3) is 0 Å². The molecule has 1 unspecified atom stereocenters. The van der Waals surface area contributed by atoms with Gasteiger partial charge in [-0.1, -0.05) is 18.2 Å². The average molecular weight is 463 g/mol. The van der Waals surface area contributed by atoms with E-state index in [-0.39, 0.29) is 36.0 Å². The number of benzene rings is 1. The van der Waals surface area contributed by atoms with E-state index in [4.69, 9.17) is 9.47 Å². The third-order valence-corrected chi connectivity index (χ3v) is 4.15. The summed E-state index contributed by atoms with van der Waals surface area (Å²) in [7, 11) is 0. The minimum Gasteiger partial charge on any atom is -0.492 e. The van der Waals surface area contributed by atoms with Crippen molar-refractivity contribution in [3.63, 3.8) is 0 Å². The third-order valence-electron chi connectivity index (χ3n) is 4.15. The van der Waals surface area contributed by atoms with Gasteiger partial charge in [-0.25, -0.2) is 0 Å². The highest BCUT2D eigenvalue weighted by Crippen LogP contribution is 2.32. The molecule has 3 N–H and O–H groups in total. The molecule has 1 heterocycles. The smallest absolute Gasteiger partial charge is 0.191 e. The molecule has 142 valence electrons. The SMILES string of the molecule is CCNC(=NCC1(CCO)CCOC1)NCCOc1ccccc1.I. The van der Waals surface area contributed by atoms with Gasteiger partial charge in [-0.2, -0.15) is 0 Å². The third kappa shape index (κ3) is 7.79. The summed E-state index contributed by atoms with van der Waals surface area (Å²) in [5, 5.41) is 15.8. The number of aliphatic imine (C=N–C) groups is 1. The largest absolute Gasteiger partial charge is 0.492 e. The summed E-state index contributed by atoms with van der Waals surface area (Å²) >= 11 is 0. The van der Waals surface area contributed by atoms with Gasteiger partial charge in [0.2, 0.25) is 0 Å². The van der Waals surface area contributed by atoms with Crippen molar-refractivity contribution in [3.05, 3.63) is 30.3 Å². The van der Waals surface area contributed by atoms with Crippen LogP contribution in [0, 0.1) is 5.41 Å². The van der Waals surface area contributed by atoms with E-state index in [0.29, 0.717) is 26.3 Å². The van der Waals surface area contributed by atoms with Crippen LogP contribution in [0.1, 0.15) is 19.8 Å². The summed E-state index contributed by atoms with van der Waals surface area (Å²) in [5.74, 6) is 1.64. The normalized spacial score (nSPS) is 20.0. The zero-order valence-corrected chi connectivity index (χ0v) is 17.2. The van der Waals surface area contributed by atoms with Crippen molar-refractivity contribution in [1.29, 1.82) is 0 Å². The van der Waals surface area contributed by atoms with Gasteiger partial charge in [0.25, 0.3) is 0 Å². The number of guanidine groups is 1. The van der Waals surface area contributed by atoms with Crippen LogP contribution in [0.3, 0.4) is 0 Å². The number of nitrogens with zero attached hydrogens (tertiary/aromatic N) is 1. The van der Waals surface area contributed by atoms with Crippen molar-refractivity contribution in [2.45, 2.75) is 19.8 Å². The van der Waals surface area contributed by atoms with Crippen LogP contribution < -0.4 is 15.4 Å². The van der Waals surface area contributed by atoms with E-state index >= 15 is 0 Å². The molecule has 7 heteroatoms. The fourth-order valence-electron chi connectivity index (χ4n) is 2.73. The van der Waals surface area contributed by atoms with Gasteiger partial charge >= 0.3 is 0 Å². The number of nitrogens with one attached hydrogen (secondary N) is 2. The highest BCUT2D eigenvalue weighted by molar-refractivity contribution is 14.0. The summed E-state index contributed by atoms with van der Waals surface area (Å²) in [5.41, 5.74) is -0.0301. The van der Waals surface area contributed by atoms with Gasteiger partial charge in [-0.3, -0.25) is 4.99 Å². The topological polar surface area (TPSA) is 75.1 Å². The van der Waals surface area contributed by atoms with E-state index in [1.807, 2.05) is 37.3 Å². The van der Waals surface area contributed by atoms with Crippen LogP contribution >= 0.6 is 24.0 Å². The molecule has 1 aliphatic rings. The predicted molar refractivity (Wildman–Crippen MR) is 111 cm³/mol. The molecule has 1 aromatic carbocycles. The van der Waals surface area contributed by atoms with Gasteiger partial charge in [0, 0.05) is 25.2 Å². The Morgan fingerprint density at radius 2 is 2.12 bits per heavy atom. The fraction of sp³-hybridized carbons (Fsp3) is 0.611. The molecule has 6 nitrogen and oxygen atoms in total. The molecular weight excluding hydrogens is 433 g/mol. The maximum Gasteiger partial charge on any atom is 0.191 e. The lowest BCUT2D eigenvalue weighted by Gasteiger charge is -2.24. The molecule has 0 radical (unpaired) electrons. The van der Waals surface area contributed by atoms with Crippen LogP contribution in [0.2, 0.25) is 0 Å². The Hall–Kier alpha value is -1.06. The van der Waals surface area contributed by atoms with E-state index in [2.05, 4.69) is 15.6 Å². The Morgan fingerprint density at radius 1 is 1.32 bits per heavy atom. The number of aliphatic hydroxyl groups excluding tert-OH is 1. The van der Waals surface area contributed by atoms with Gasteiger partial charge in [-0.05, 0) is 31.9 Å². The number of halogens is 1. The molecular formula is C18H30IN3O3. The second-order valence-corrected chi connectivity index (χ2v) is 6.06. The molecule has 0 aliphatic carbocycles. The number of hydrogen-bond donors (Lipinski definition) is 3. The van der Waals surface area contributed by atoms with E-state index in [0.717, 1.165) is 37.7 Å². The first-order valence-corrected chi connectivity index (χ1v) is 8.67. The first-order valence-electron chi connectivity index (χ1n) is 8.67. The second kappa shape index (κ2) is 12.3. The lowest BCUT2D eigenvalue weighted by atomic mass is 9.84. The van der Waals surface area contributed by atoms with E-state index in [1.54, 1.807) is 0 Å². The molecule has 1 saturated heterocycles. The Kier molecular flexibility index (Phi) is 10.8. The number of rotatable bonds is 9. The second-order valence-electron chi connectivity index (χ2n) is 6.06. The lowest BCUT2D eigenvalue weighted by molar-refractivity contribution is 0.131. The van der Waals surface area contributed by atoms with Gasteiger partial charge in [-0.15, -0.1) is 24.0 Å². The molecule has 1 aliphatic heterocycles. The predicted octanol–water partition coefficient (Wildman–Crippen LogP) is 2.03.